The summed E-state index contributed by atoms with van der Waals surface area (Å²) in [5, 5.41) is 3.43. The lowest BCUT2D eigenvalue weighted by Crippen LogP contribution is -2.17. The van der Waals surface area contributed by atoms with Crippen molar-refractivity contribution >= 4 is 0 Å². The molecule has 1 N–H and O–H groups in total. The molecule has 2 rings (SSSR count). The van der Waals surface area contributed by atoms with E-state index in [1.165, 1.54) is 12.8 Å². The highest BCUT2D eigenvalue weighted by Gasteiger charge is 2.20. The zero-order valence-corrected chi connectivity index (χ0v) is 9.53. The first kappa shape index (κ1) is 10.6. The van der Waals surface area contributed by atoms with Crippen LogP contribution in [0.5, 0.6) is 0 Å². The predicted octanol–water partition coefficient (Wildman–Crippen LogP) is 1.93. The van der Waals surface area contributed by atoms with Crippen molar-refractivity contribution in [3.05, 3.63) is 23.8 Å². The van der Waals surface area contributed by atoms with Gasteiger partial charge in [0.25, 0.3) is 0 Å². The van der Waals surface area contributed by atoms with Crippen molar-refractivity contribution in [3.8, 4) is 0 Å². The van der Waals surface area contributed by atoms with E-state index in [2.05, 4.69) is 29.1 Å². The maximum absolute atomic E-state index is 4.54. The van der Waals surface area contributed by atoms with E-state index in [0.29, 0.717) is 5.92 Å². The van der Waals surface area contributed by atoms with Crippen LogP contribution in [-0.4, -0.2) is 16.0 Å². The van der Waals surface area contributed by atoms with Crippen molar-refractivity contribution in [1.29, 1.82) is 0 Å². The highest BCUT2D eigenvalue weighted by molar-refractivity contribution is 5.03. The van der Waals surface area contributed by atoms with Gasteiger partial charge in [0.1, 0.15) is 5.82 Å². The minimum absolute atomic E-state index is 0.657. The molecule has 3 nitrogen and oxygen atoms in total. The summed E-state index contributed by atoms with van der Waals surface area (Å²) in [5.74, 6) is 1.59. The number of nitrogens with one attached hydrogen (secondary N) is 1. The summed E-state index contributed by atoms with van der Waals surface area (Å²) in [6, 6.07) is 2.74. The van der Waals surface area contributed by atoms with Gasteiger partial charge in [-0.2, -0.15) is 0 Å². The number of rotatable bonds is 5. The van der Waals surface area contributed by atoms with Gasteiger partial charge >= 0.3 is 0 Å². The molecule has 1 aromatic rings. The molecule has 82 valence electrons. The van der Waals surface area contributed by atoms with Crippen molar-refractivity contribution < 1.29 is 0 Å². The number of hydrogen-bond acceptors (Lipinski definition) is 3. The first-order valence-electron chi connectivity index (χ1n) is 5.78. The smallest absolute Gasteiger partial charge is 0.142 e. The fourth-order valence-corrected chi connectivity index (χ4v) is 1.58. The van der Waals surface area contributed by atoms with E-state index in [1.807, 2.05) is 12.3 Å². The second-order valence-electron chi connectivity index (χ2n) is 4.72. The molecule has 0 spiro atoms. The Bertz CT molecular complexity index is 318. The van der Waals surface area contributed by atoms with Gasteiger partial charge in [-0.1, -0.05) is 13.8 Å². The van der Waals surface area contributed by atoms with Crippen LogP contribution in [0.2, 0.25) is 0 Å². The van der Waals surface area contributed by atoms with Gasteiger partial charge in [0.05, 0.1) is 6.54 Å². The number of hydrogen-bond donors (Lipinski definition) is 1. The van der Waals surface area contributed by atoms with Gasteiger partial charge in [-0.25, -0.2) is 9.97 Å². The second-order valence-corrected chi connectivity index (χ2v) is 4.72. The van der Waals surface area contributed by atoms with E-state index in [0.717, 1.165) is 30.5 Å². The van der Waals surface area contributed by atoms with E-state index in [1.54, 1.807) is 0 Å². The Morgan fingerprint density at radius 3 is 2.93 bits per heavy atom. The number of nitrogens with zero attached hydrogens (tertiary/aromatic N) is 2. The normalized spacial score (nSPS) is 15.9. The van der Waals surface area contributed by atoms with Gasteiger partial charge in [0.15, 0.2) is 0 Å². The minimum atomic E-state index is 0.657. The van der Waals surface area contributed by atoms with Gasteiger partial charge in [-0.3, -0.25) is 0 Å². The molecule has 15 heavy (non-hydrogen) atoms. The summed E-state index contributed by atoms with van der Waals surface area (Å²) in [4.78, 5) is 8.81. The Balaban J connectivity index is 1.91. The molecule has 1 aromatic heterocycles. The average molecular weight is 205 g/mol. The summed E-state index contributed by atoms with van der Waals surface area (Å²) in [7, 11) is 0. The van der Waals surface area contributed by atoms with E-state index >= 15 is 0 Å². The highest BCUT2D eigenvalue weighted by Crippen LogP contribution is 2.18. The zero-order valence-electron chi connectivity index (χ0n) is 9.53. The third-order valence-corrected chi connectivity index (χ3v) is 2.51. The highest BCUT2D eigenvalue weighted by atomic mass is 15.0. The van der Waals surface area contributed by atoms with Crippen LogP contribution in [0, 0.1) is 5.92 Å². The lowest BCUT2D eigenvalue weighted by Gasteiger charge is -2.06. The summed E-state index contributed by atoms with van der Waals surface area (Å²) in [6.07, 6.45) is 5.53. The van der Waals surface area contributed by atoms with Crippen molar-refractivity contribution in [2.75, 3.05) is 0 Å². The molecule has 3 heteroatoms. The third-order valence-electron chi connectivity index (χ3n) is 2.51. The molecule has 1 aliphatic rings. The average Bonchev–Trinajstić information content (AvgIpc) is 2.97. The fourth-order valence-electron chi connectivity index (χ4n) is 1.58. The van der Waals surface area contributed by atoms with E-state index in [4.69, 9.17) is 0 Å². The van der Waals surface area contributed by atoms with Gasteiger partial charge in [-0.15, -0.1) is 0 Å². The van der Waals surface area contributed by atoms with Crippen molar-refractivity contribution in [2.24, 2.45) is 5.92 Å². The molecule has 1 fully saturated rings. The molecular formula is C12H19N3. The Morgan fingerprint density at radius 1 is 1.47 bits per heavy atom. The van der Waals surface area contributed by atoms with Crippen molar-refractivity contribution in [2.45, 2.75) is 45.7 Å². The van der Waals surface area contributed by atoms with Crippen molar-refractivity contribution in [3.63, 3.8) is 0 Å². The van der Waals surface area contributed by atoms with Crippen LogP contribution in [0.1, 0.15) is 38.2 Å². The number of aromatic nitrogens is 2. The molecule has 0 aliphatic heterocycles. The largest absolute Gasteiger partial charge is 0.307 e. The van der Waals surface area contributed by atoms with Gasteiger partial charge in [0, 0.05) is 17.9 Å². The maximum Gasteiger partial charge on any atom is 0.142 e. The van der Waals surface area contributed by atoms with Crippen molar-refractivity contribution in [1.82, 2.24) is 15.3 Å². The van der Waals surface area contributed by atoms with Crippen LogP contribution < -0.4 is 5.32 Å². The molecule has 0 saturated heterocycles. The summed E-state index contributed by atoms with van der Waals surface area (Å²) >= 11 is 0. The molecular weight excluding hydrogens is 186 g/mol. The molecule has 0 unspecified atom stereocenters. The van der Waals surface area contributed by atoms with E-state index in [9.17, 15) is 0 Å². The first-order chi connectivity index (χ1) is 7.24. The standard InChI is InChI=1S/C12H19N3/c1-9(2)7-11-5-6-13-12(15-11)8-14-10-3-4-10/h5-6,9-10,14H,3-4,7-8H2,1-2H3. The van der Waals surface area contributed by atoms with E-state index < -0.39 is 0 Å². The van der Waals surface area contributed by atoms with Crippen LogP contribution in [0.25, 0.3) is 0 Å². The van der Waals surface area contributed by atoms with Crippen LogP contribution in [-0.2, 0) is 13.0 Å². The molecule has 0 radical (unpaired) electrons. The third kappa shape index (κ3) is 3.59. The molecule has 1 heterocycles. The molecule has 1 saturated carbocycles. The lowest BCUT2D eigenvalue weighted by atomic mass is 10.1. The minimum Gasteiger partial charge on any atom is -0.307 e. The topological polar surface area (TPSA) is 37.8 Å². The SMILES string of the molecule is CC(C)Cc1ccnc(CNC2CC2)n1. The first-order valence-corrected chi connectivity index (χ1v) is 5.78. The fraction of sp³-hybridized carbons (Fsp3) is 0.667. The predicted molar refractivity (Wildman–Crippen MR) is 60.4 cm³/mol. The monoisotopic (exact) mass is 205 g/mol. The summed E-state index contributed by atoms with van der Waals surface area (Å²) in [5.41, 5.74) is 1.16. The summed E-state index contributed by atoms with van der Waals surface area (Å²) in [6.45, 7) is 5.24. The molecule has 0 amide bonds. The Labute approximate surface area is 91.3 Å². The quantitative estimate of drug-likeness (QED) is 0.798. The van der Waals surface area contributed by atoms with Gasteiger partial charge in [-0.05, 0) is 31.2 Å². The molecule has 0 bridgehead atoms. The van der Waals surface area contributed by atoms with Crippen LogP contribution in [0.15, 0.2) is 12.3 Å². The Hall–Kier alpha value is -0.960. The van der Waals surface area contributed by atoms with Crippen LogP contribution >= 0.6 is 0 Å². The Kier molecular flexibility index (Phi) is 3.31. The molecule has 1 aliphatic carbocycles. The van der Waals surface area contributed by atoms with Crippen LogP contribution in [0.3, 0.4) is 0 Å². The second kappa shape index (κ2) is 4.71. The van der Waals surface area contributed by atoms with Gasteiger partial charge < -0.3 is 5.32 Å². The summed E-state index contributed by atoms with van der Waals surface area (Å²) < 4.78 is 0. The molecule has 0 atom stereocenters. The molecule has 0 aromatic carbocycles. The van der Waals surface area contributed by atoms with Gasteiger partial charge in [0.2, 0.25) is 0 Å². The maximum atomic E-state index is 4.54. The zero-order chi connectivity index (χ0) is 10.7. The van der Waals surface area contributed by atoms with E-state index in [-0.39, 0.29) is 0 Å². The Morgan fingerprint density at radius 2 is 2.27 bits per heavy atom. The van der Waals surface area contributed by atoms with Crippen LogP contribution in [0.4, 0.5) is 0 Å². The lowest BCUT2D eigenvalue weighted by molar-refractivity contribution is 0.616.